The van der Waals surface area contributed by atoms with E-state index in [-0.39, 0.29) is 18.5 Å². The summed E-state index contributed by atoms with van der Waals surface area (Å²) in [5, 5.41) is 2.44. The predicted molar refractivity (Wildman–Crippen MR) is 60.3 cm³/mol. The Morgan fingerprint density at radius 1 is 1.29 bits per heavy atom. The molecule has 0 spiro atoms. The van der Waals surface area contributed by atoms with Gasteiger partial charge in [-0.15, -0.1) is 0 Å². The SMILES string of the molecule is CCC(CC)C(N)CNC(=O)CCC(F)(F)F. The molecule has 0 aliphatic heterocycles. The highest BCUT2D eigenvalue weighted by Crippen LogP contribution is 2.21. The van der Waals surface area contributed by atoms with Crippen LogP contribution in [0.4, 0.5) is 13.2 Å². The first kappa shape index (κ1) is 16.2. The maximum absolute atomic E-state index is 11.8. The molecule has 0 aromatic carbocycles. The molecule has 0 saturated carbocycles. The van der Waals surface area contributed by atoms with Gasteiger partial charge in [0.15, 0.2) is 0 Å². The summed E-state index contributed by atoms with van der Waals surface area (Å²) in [7, 11) is 0. The molecule has 0 aliphatic rings. The molecule has 6 heteroatoms. The van der Waals surface area contributed by atoms with Crippen molar-refractivity contribution in [1.29, 1.82) is 0 Å². The maximum Gasteiger partial charge on any atom is 0.389 e. The van der Waals surface area contributed by atoms with E-state index >= 15 is 0 Å². The van der Waals surface area contributed by atoms with Crippen LogP contribution in [0.3, 0.4) is 0 Å². The Kier molecular flexibility index (Phi) is 7.18. The van der Waals surface area contributed by atoms with Crippen molar-refractivity contribution in [2.45, 2.75) is 51.7 Å². The Morgan fingerprint density at radius 2 is 1.82 bits per heavy atom. The van der Waals surface area contributed by atoms with Gasteiger partial charge in [0.2, 0.25) is 5.91 Å². The summed E-state index contributed by atoms with van der Waals surface area (Å²) in [5.74, 6) is -0.304. The summed E-state index contributed by atoms with van der Waals surface area (Å²) < 4.78 is 35.5. The first-order chi connectivity index (χ1) is 7.80. The lowest BCUT2D eigenvalue weighted by Gasteiger charge is -2.21. The minimum atomic E-state index is -4.28. The highest BCUT2D eigenvalue weighted by atomic mass is 19.4. The van der Waals surface area contributed by atoms with Crippen LogP contribution >= 0.6 is 0 Å². The number of rotatable bonds is 7. The lowest BCUT2D eigenvalue weighted by molar-refractivity contribution is -0.144. The van der Waals surface area contributed by atoms with Crippen molar-refractivity contribution in [3.8, 4) is 0 Å². The van der Waals surface area contributed by atoms with Crippen molar-refractivity contribution in [1.82, 2.24) is 5.32 Å². The molecule has 0 radical (unpaired) electrons. The van der Waals surface area contributed by atoms with Gasteiger partial charge in [0.1, 0.15) is 0 Å². The van der Waals surface area contributed by atoms with Crippen LogP contribution in [0.15, 0.2) is 0 Å². The summed E-state index contributed by atoms with van der Waals surface area (Å²) in [6.07, 6.45) is -4.10. The molecule has 0 heterocycles. The quantitative estimate of drug-likeness (QED) is 0.732. The van der Waals surface area contributed by atoms with E-state index in [4.69, 9.17) is 5.73 Å². The molecule has 1 amide bonds. The first-order valence-electron chi connectivity index (χ1n) is 5.89. The van der Waals surface area contributed by atoms with Crippen LogP contribution < -0.4 is 11.1 Å². The first-order valence-corrected chi connectivity index (χ1v) is 5.89. The molecular weight excluding hydrogens is 233 g/mol. The molecule has 3 nitrogen and oxygen atoms in total. The van der Waals surface area contributed by atoms with E-state index in [9.17, 15) is 18.0 Å². The number of nitrogens with two attached hydrogens (primary N) is 1. The van der Waals surface area contributed by atoms with Gasteiger partial charge in [-0.2, -0.15) is 13.2 Å². The van der Waals surface area contributed by atoms with Crippen LogP contribution in [-0.2, 0) is 4.79 Å². The van der Waals surface area contributed by atoms with E-state index in [1.54, 1.807) is 0 Å². The topological polar surface area (TPSA) is 55.1 Å². The second-order valence-corrected chi connectivity index (χ2v) is 4.16. The van der Waals surface area contributed by atoms with E-state index in [1.807, 2.05) is 13.8 Å². The molecule has 0 aromatic heterocycles. The van der Waals surface area contributed by atoms with E-state index < -0.39 is 24.9 Å². The number of nitrogens with one attached hydrogen (secondary N) is 1. The zero-order valence-corrected chi connectivity index (χ0v) is 10.3. The molecule has 1 unspecified atom stereocenters. The molecule has 0 rings (SSSR count). The minimum Gasteiger partial charge on any atom is -0.355 e. The van der Waals surface area contributed by atoms with Crippen LogP contribution in [0, 0.1) is 5.92 Å². The lowest BCUT2D eigenvalue weighted by atomic mass is 9.95. The lowest BCUT2D eigenvalue weighted by Crippen LogP contribution is -2.42. The van der Waals surface area contributed by atoms with Gasteiger partial charge in [-0.25, -0.2) is 0 Å². The fourth-order valence-electron chi connectivity index (χ4n) is 1.64. The summed E-state index contributed by atoms with van der Waals surface area (Å²) in [4.78, 5) is 11.1. The number of hydrogen-bond acceptors (Lipinski definition) is 2. The van der Waals surface area contributed by atoms with E-state index in [0.29, 0.717) is 0 Å². The average molecular weight is 254 g/mol. The smallest absolute Gasteiger partial charge is 0.355 e. The van der Waals surface area contributed by atoms with Crippen molar-refractivity contribution in [2.24, 2.45) is 11.7 Å². The molecule has 0 fully saturated rings. The fourth-order valence-corrected chi connectivity index (χ4v) is 1.64. The van der Waals surface area contributed by atoms with Gasteiger partial charge >= 0.3 is 6.18 Å². The normalized spacial score (nSPS) is 13.8. The van der Waals surface area contributed by atoms with Gasteiger partial charge in [0.05, 0.1) is 6.42 Å². The summed E-state index contributed by atoms with van der Waals surface area (Å²) in [6.45, 7) is 4.24. The van der Waals surface area contributed by atoms with Crippen LogP contribution in [0.25, 0.3) is 0 Å². The summed E-state index contributed by atoms with van der Waals surface area (Å²) >= 11 is 0. The molecule has 17 heavy (non-hydrogen) atoms. The molecule has 1 atom stereocenters. The number of hydrogen-bond donors (Lipinski definition) is 2. The van der Waals surface area contributed by atoms with Crippen LogP contribution in [0.2, 0.25) is 0 Å². The Bertz CT molecular complexity index is 227. The highest BCUT2D eigenvalue weighted by molar-refractivity contribution is 5.75. The summed E-state index contributed by atoms with van der Waals surface area (Å²) in [6, 6.07) is -0.195. The van der Waals surface area contributed by atoms with Gasteiger partial charge < -0.3 is 11.1 Å². The van der Waals surface area contributed by atoms with Crippen LogP contribution in [-0.4, -0.2) is 24.7 Å². The minimum absolute atomic E-state index is 0.195. The van der Waals surface area contributed by atoms with Crippen LogP contribution in [0.1, 0.15) is 39.5 Å². The second-order valence-electron chi connectivity index (χ2n) is 4.16. The molecule has 3 N–H and O–H groups in total. The Labute approximate surface area is 99.9 Å². The zero-order valence-electron chi connectivity index (χ0n) is 10.3. The maximum atomic E-state index is 11.8. The fraction of sp³-hybridized carbons (Fsp3) is 0.909. The third-order valence-corrected chi connectivity index (χ3v) is 2.82. The van der Waals surface area contributed by atoms with E-state index in [1.165, 1.54) is 0 Å². The molecular formula is C11H21F3N2O. The van der Waals surface area contributed by atoms with Gasteiger partial charge in [-0.1, -0.05) is 26.7 Å². The molecule has 0 aliphatic carbocycles. The summed E-state index contributed by atoms with van der Waals surface area (Å²) in [5.41, 5.74) is 5.83. The van der Waals surface area contributed by atoms with Crippen molar-refractivity contribution >= 4 is 5.91 Å². The second kappa shape index (κ2) is 7.53. The monoisotopic (exact) mass is 254 g/mol. The number of carbonyl (C=O) groups excluding carboxylic acids is 1. The number of alkyl halides is 3. The molecule has 0 aromatic rings. The molecule has 0 bridgehead atoms. The van der Waals surface area contributed by atoms with Gasteiger partial charge in [-0.3, -0.25) is 4.79 Å². The largest absolute Gasteiger partial charge is 0.389 e. The average Bonchev–Trinajstić information content (AvgIpc) is 2.24. The number of amides is 1. The van der Waals surface area contributed by atoms with E-state index in [0.717, 1.165) is 12.8 Å². The predicted octanol–water partition coefficient (Wildman–Crippen LogP) is 2.21. The van der Waals surface area contributed by atoms with Crippen molar-refractivity contribution < 1.29 is 18.0 Å². The Balaban J connectivity index is 3.84. The molecule has 0 saturated heterocycles. The van der Waals surface area contributed by atoms with Crippen molar-refractivity contribution in [2.75, 3.05) is 6.54 Å². The third kappa shape index (κ3) is 8.01. The van der Waals surface area contributed by atoms with Gasteiger partial charge in [0.25, 0.3) is 0 Å². The van der Waals surface area contributed by atoms with Crippen molar-refractivity contribution in [3.05, 3.63) is 0 Å². The van der Waals surface area contributed by atoms with Gasteiger partial charge in [0, 0.05) is 19.0 Å². The van der Waals surface area contributed by atoms with Crippen LogP contribution in [0.5, 0.6) is 0 Å². The Morgan fingerprint density at radius 3 is 2.24 bits per heavy atom. The Hall–Kier alpha value is -0.780. The third-order valence-electron chi connectivity index (χ3n) is 2.82. The highest BCUT2D eigenvalue weighted by Gasteiger charge is 2.28. The molecule has 102 valence electrons. The number of carbonyl (C=O) groups is 1. The number of halogens is 3. The van der Waals surface area contributed by atoms with E-state index in [2.05, 4.69) is 5.32 Å². The van der Waals surface area contributed by atoms with Crippen molar-refractivity contribution in [3.63, 3.8) is 0 Å². The standard InChI is InChI=1S/C11H21F3N2O/c1-3-8(4-2)9(15)7-16-10(17)5-6-11(12,13)14/h8-9H,3-7,15H2,1-2H3,(H,16,17). The zero-order chi connectivity index (χ0) is 13.5. The van der Waals surface area contributed by atoms with Gasteiger partial charge in [-0.05, 0) is 5.92 Å².